The third-order valence-corrected chi connectivity index (χ3v) is 6.56. The Morgan fingerprint density at radius 2 is 1.67 bits per heavy atom. The van der Waals surface area contributed by atoms with Gasteiger partial charge in [-0.2, -0.15) is 0 Å². The average Bonchev–Trinajstić information content (AvgIpc) is 3.35. The first-order valence-electron chi connectivity index (χ1n) is 11.0. The zero-order chi connectivity index (χ0) is 22.9. The summed E-state index contributed by atoms with van der Waals surface area (Å²) in [5.41, 5.74) is 5.45. The summed E-state index contributed by atoms with van der Waals surface area (Å²) < 4.78 is 8.32. The van der Waals surface area contributed by atoms with Gasteiger partial charge in [0.25, 0.3) is 0 Å². The van der Waals surface area contributed by atoms with Gasteiger partial charge in [-0.1, -0.05) is 24.3 Å². The van der Waals surface area contributed by atoms with Crippen molar-refractivity contribution in [2.75, 3.05) is 4.90 Å². The topological polar surface area (TPSA) is 42.3 Å². The molecule has 4 aromatic rings. The van der Waals surface area contributed by atoms with E-state index < -0.39 is 0 Å². The van der Waals surface area contributed by atoms with Crippen LogP contribution in [0, 0.1) is 13.8 Å². The minimum absolute atomic E-state index is 0.0331. The van der Waals surface area contributed by atoms with Gasteiger partial charge >= 0.3 is 0 Å². The van der Waals surface area contributed by atoms with Crippen molar-refractivity contribution < 1.29 is 4.74 Å². The molecule has 2 aromatic carbocycles. The normalized spacial score (nSPS) is 17.8. The zero-order valence-electron chi connectivity index (χ0n) is 18.9. The molecular formula is C27H26N4OS. The van der Waals surface area contributed by atoms with Crippen LogP contribution in [-0.2, 0) is 7.05 Å². The smallest absolute Gasteiger partial charge is 0.174 e. The van der Waals surface area contributed by atoms with Gasteiger partial charge in [-0.15, -0.1) is 0 Å². The predicted molar refractivity (Wildman–Crippen MR) is 136 cm³/mol. The molecular weight excluding hydrogens is 428 g/mol. The number of aromatic nitrogens is 2. The number of ether oxygens (including phenoxy) is 1. The van der Waals surface area contributed by atoms with E-state index >= 15 is 0 Å². The van der Waals surface area contributed by atoms with Gasteiger partial charge in [-0.05, 0) is 86.2 Å². The molecule has 5 nitrogen and oxygen atoms in total. The van der Waals surface area contributed by atoms with Crippen LogP contribution >= 0.6 is 12.2 Å². The highest BCUT2D eigenvalue weighted by Crippen LogP contribution is 2.42. The SMILES string of the molecule is Cc1ccccc1Oc1ccc(N2C(=S)N[C@H](c3ccccn3)[C@H]2c2ccc(C)n2C)cc1. The second kappa shape index (κ2) is 8.71. The molecule has 6 heteroatoms. The largest absolute Gasteiger partial charge is 0.457 e. The Morgan fingerprint density at radius 1 is 0.909 bits per heavy atom. The zero-order valence-corrected chi connectivity index (χ0v) is 19.7. The quantitative estimate of drug-likeness (QED) is 0.374. The van der Waals surface area contributed by atoms with Crippen LogP contribution < -0.4 is 15.0 Å². The minimum Gasteiger partial charge on any atom is -0.457 e. The lowest BCUT2D eigenvalue weighted by Gasteiger charge is -2.28. The van der Waals surface area contributed by atoms with E-state index in [1.807, 2.05) is 67.7 Å². The van der Waals surface area contributed by atoms with E-state index in [1.165, 1.54) is 11.4 Å². The fourth-order valence-electron chi connectivity index (χ4n) is 4.34. The maximum atomic E-state index is 6.10. The first-order valence-corrected chi connectivity index (χ1v) is 11.4. The van der Waals surface area contributed by atoms with E-state index in [9.17, 15) is 0 Å². The molecule has 0 radical (unpaired) electrons. The molecule has 5 rings (SSSR count). The molecule has 1 aliphatic rings. The van der Waals surface area contributed by atoms with Crippen LogP contribution in [0.4, 0.5) is 5.69 Å². The number of hydrogen-bond donors (Lipinski definition) is 1. The van der Waals surface area contributed by atoms with Crippen LogP contribution in [0.5, 0.6) is 11.5 Å². The number of thiocarbonyl (C=S) groups is 1. The fourth-order valence-corrected chi connectivity index (χ4v) is 4.68. The number of nitrogens with zero attached hydrogens (tertiary/aromatic N) is 3. The van der Waals surface area contributed by atoms with Crippen molar-refractivity contribution in [2.45, 2.75) is 25.9 Å². The Hall–Kier alpha value is -3.64. The Bertz CT molecular complexity index is 1280. The molecule has 33 heavy (non-hydrogen) atoms. The molecule has 2 aromatic heterocycles. The van der Waals surface area contributed by atoms with Crippen LogP contribution in [0.1, 0.15) is 34.7 Å². The van der Waals surface area contributed by atoms with Gasteiger partial charge in [0, 0.05) is 30.3 Å². The van der Waals surface area contributed by atoms with Crippen molar-refractivity contribution in [2.24, 2.45) is 7.05 Å². The minimum atomic E-state index is -0.0606. The van der Waals surface area contributed by atoms with Crippen molar-refractivity contribution in [3.05, 3.63) is 108 Å². The van der Waals surface area contributed by atoms with Gasteiger partial charge < -0.3 is 19.5 Å². The van der Waals surface area contributed by atoms with Crippen molar-refractivity contribution >= 4 is 23.0 Å². The average molecular weight is 455 g/mol. The van der Waals surface area contributed by atoms with E-state index in [-0.39, 0.29) is 12.1 Å². The molecule has 0 unspecified atom stereocenters. The summed E-state index contributed by atoms with van der Waals surface area (Å²) in [6, 6.07) is 26.3. The first kappa shape index (κ1) is 21.2. The van der Waals surface area contributed by atoms with Crippen molar-refractivity contribution in [1.29, 1.82) is 0 Å². The van der Waals surface area contributed by atoms with Crippen LogP contribution in [0.2, 0.25) is 0 Å². The fraction of sp³-hybridized carbons (Fsp3) is 0.185. The van der Waals surface area contributed by atoms with Gasteiger partial charge in [-0.3, -0.25) is 4.98 Å². The molecule has 166 valence electrons. The summed E-state index contributed by atoms with van der Waals surface area (Å²) in [5, 5.41) is 4.20. The molecule has 0 saturated carbocycles. The summed E-state index contributed by atoms with van der Waals surface area (Å²) >= 11 is 5.83. The van der Waals surface area contributed by atoms with Gasteiger partial charge in [0.1, 0.15) is 17.5 Å². The van der Waals surface area contributed by atoms with E-state index in [0.29, 0.717) is 5.11 Å². The molecule has 0 aliphatic carbocycles. The number of para-hydroxylation sites is 1. The third kappa shape index (κ3) is 3.98. The van der Waals surface area contributed by atoms with Gasteiger partial charge in [0.05, 0.1) is 11.7 Å². The lowest BCUT2D eigenvalue weighted by Crippen LogP contribution is -2.30. The molecule has 1 saturated heterocycles. The number of aryl methyl sites for hydroxylation is 2. The molecule has 3 heterocycles. The summed E-state index contributed by atoms with van der Waals surface area (Å²) in [4.78, 5) is 6.81. The van der Waals surface area contributed by atoms with Crippen molar-refractivity contribution in [3.63, 3.8) is 0 Å². The number of rotatable bonds is 5. The summed E-state index contributed by atoms with van der Waals surface area (Å²) in [6.07, 6.45) is 1.83. The lowest BCUT2D eigenvalue weighted by atomic mass is 10.0. The highest BCUT2D eigenvalue weighted by molar-refractivity contribution is 7.80. The van der Waals surface area contributed by atoms with Crippen LogP contribution in [0.25, 0.3) is 0 Å². The number of benzene rings is 2. The highest BCUT2D eigenvalue weighted by atomic mass is 32.1. The molecule has 2 atom stereocenters. The number of pyridine rings is 1. The number of anilines is 1. The first-order chi connectivity index (χ1) is 16.0. The number of nitrogens with one attached hydrogen (secondary N) is 1. The van der Waals surface area contributed by atoms with Crippen LogP contribution in [-0.4, -0.2) is 14.7 Å². The maximum Gasteiger partial charge on any atom is 0.174 e. The summed E-state index contributed by atoms with van der Waals surface area (Å²) in [7, 11) is 2.10. The Morgan fingerprint density at radius 3 is 2.33 bits per heavy atom. The van der Waals surface area contributed by atoms with Crippen LogP contribution in [0.15, 0.2) is 85.1 Å². The van der Waals surface area contributed by atoms with Crippen molar-refractivity contribution in [3.8, 4) is 11.5 Å². The van der Waals surface area contributed by atoms with E-state index in [0.717, 1.165) is 28.4 Å². The maximum absolute atomic E-state index is 6.10. The monoisotopic (exact) mass is 454 g/mol. The van der Waals surface area contributed by atoms with E-state index in [2.05, 4.69) is 58.0 Å². The molecule has 0 amide bonds. The Kier molecular flexibility index (Phi) is 5.60. The molecule has 0 spiro atoms. The highest BCUT2D eigenvalue weighted by Gasteiger charge is 2.41. The molecule has 0 bridgehead atoms. The van der Waals surface area contributed by atoms with Gasteiger partial charge in [0.15, 0.2) is 5.11 Å². The third-order valence-electron chi connectivity index (χ3n) is 6.25. The van der Waals surface area contributed by atoms with E-state index in [4.69, 9.17) is 17.0 Å². The Labute approximate surface area is 199 Å². The van der Waals surface area contributed by atoms with E-state index in [1.54, 1.807) is 0 Å². The van der Waals surface area contributed by atoms with Crippen molar-refractivity contribution in [1.82, 2.24) is 14.9 Å². The van der Waals surface area contributed by atoms with Crippen LogP contribution in [0.3, 0.4) is 0 Å². The summed E-state index contributed by atoms with van der Waals surface area (Å²) in [6.45, 7) is 4.16. The molecule has 1 aliphatic heterocycles. The second-order valence-corrected chi connectivity index (χ2v) is 8.70. The second-order valence-electron chi connectivity index (χ2n) is 8.32. The summed E-state index contributed by atoms with van der Waals surface area (Å²) in [5.74, 6) is 1.65. The Balaban J connectivity index is 1.51. The lowest BCUT2D eigenvalue weighted by molar-refractivity contribution is 0.479. The molecule has 1 N–H and O–H groups in total. The standard InChI is InChI=1S/C27H26N4OS/c1-18-8-4-5-10-24(18)32-21-14-12-20(13-15-21)31-26(23-16-11-19(2)30(23)3)25(29-27(31)33)22-9-6-7-17-28-22/h4-17,25-26H,1-3H3,(H,29,33)/t25-,26-/m1/s1. The molecule has 1 fully saturated rings. The van der Waals surface area contributed by atoms with Gasteiger partial charge in [-0.25, -0.2) is 0 Å². The predicted octanol–water partition coefficient (Wildman–Crippen LogP) is 6.01. The van der Waals surface area contributed by atoms with Gasteiger partial charge in [0.2, 0.25) is 0 Å². The number of hydrogen-bond acceptors (Lipinski definition) is 3.